The van der Waals surface area contributed by atoms with Crippen molar-refractivity contribution in [2.45, 2.75) is 36.1 Å². The highest BCUT2D eigenvalue weighted by Crippen LogP contribution is 2.67. The van der Waals surface area contributed by atoms with E-state index in [9.17, 15) is 4.79 Å². The Morgan fingerprint density at radius 3 is 2.88 bits per heavy atom. The van der Waals surface area contributed by atoms with Crippen LogP contribution in [-0.4, -0.2) is 30.5 Å². The molecule has 5 nitrogen and oxygen atoms in total. The minimum absolute atomic E-state index is 0.00630. The number of hydrogen-bond acceptors (Lipinski definition) is 5. The van der Waals surface area contributed by atoms with E-state index in [4.69, 9.17) is 18.6 Å². The Hall–Kier alpha value is -1.17. The zero-order valence-corrected chi connectivity index (χ0v) is 8.16. The summed E-state index contributed by atoms with van der Waals surface area (Å²) < 4.78 is 22.2. The van der Waals surface area contributed by atoms with Crippen molar-refractivity contribution in [3.63, 3.8) is 0 Å². The van der Waals surface area contributed by atoms with E-state index in [1.807, 2.05) is 0 Å². The fourth-order valence-corrected chi connectivity index (χ4v) is 3.01. The van der Waals surface area contributed by atoms with Crippen LogP contribution in [0.25, 0.3) is 0 Å². The second kappa shape index (κ2) is 2.11. The maximum absolute atomic E-state index is 11.3. The molecule has 3 saturated heterocycles. The Bertz CT molecular complexity index is 541. The SMILES string of the molecule is O=c1ccoc([C@@]23O[C@@H]2[C@H]2O[C@H]2[C@@H]2O[C@@H]23)c1. The molecule has 0 N–H and O–H groups in total. The number of hydrogen-bond donors (Lipinski definition) is 0. The van der Waals surface area contributed by atoms with Gasteiger partial charge in [-0.15, -0.1) is 0 Å². The largest absolute Gasteiger partial charge is 0.466 e. The van der Waals surface area contributed by atoms with Gasteiger partial charge in [-0.25, -0.2) is 0 Å². The normalized spacial score (nSPS) is 54.6. The van der Waals surface area contributed by atoms with Crippen LogP contribution in [0.3, 0.4) is 0 Å². The molecule has 0 unspecified atom stereocenters. The van der Waals surface area contributed by atoms with Crippen molar-refractivity contribution in [1.29, 1.82) is 0 Å². The molecule has 0 amide bonds. The van der Waals surface area contributed by atoms with Crippen LogP contribution in [0.1, 0.15) is 5.76 Å². The lowest BCUT2D eigenvalue weighted by Crippen LogP contribution is -2.31. The van der Waals surface area contributed by atoms with Gasteiger partial charge in [0.15, 0.2) is 11.0 Å². The molecule has 16 heavy (non-hydrogen) atoms. The summed E-state index contributed by atoms with van der Waals surface area (Å²) in [5.41, 5.74) is -0.608. The van der Waals surface area contributed by atoms with E-state index < -0.39 is 5.60 Å². The van der Waals surface area contributed by atoms with Crippen molar-refractivity contribution in [2.75, 3.05) is 0 Å². The standard InChI is InChI=1S/C11H8O5/c12-4-1-2-13-5(3-4)11-9-7(15-9)6-8(14-6)10(11)16-11/h1-3,6-10H/t6-,7-,8-,9-,10+,11-/m0/s1. The molecule has 1 aliphatic carbocycles. The molecule has 1 aromatic heterocycles. The van der Waals surface area contributed by atoms with Crippen LogP contribution in [0.4, 0.5) is 0 Å². The van der Waals surface area contributed by atoms with E-state index in [2.05, 4.69) is 0 Å². The highest BCUT2D eigenvalue weighted by Gasteiger charge is 2.86. The van der Waals surface area contributed by atoms with Crippen LogP contribution in [0, 0.1) is 0 Å². The molecule has 1 saturated carbocycles. The fourth-order valence-electron chi connectivity index (χ4n) is 3.01. The van der Waals surface area contributed by atoms with Gasteiger partial charge in [0.2, 0.25) is 0 Å². The van der Waals surface area contributed by atoms with E-state index in [0.29, 0.717) is 5.76 Å². The van der Waals surface area contributed by atoms with Crippen LogP contribution in [0.2, 0.25) is 0 Å². The van der Waals surface area contributed by atoms with Gasteiger partial charge in [-0.2, -0.15) is 0 Å². The summed E-state index contributed by atoms with van der Waals surface area (Å²) in [6.45, 7) is 0. The van der Waals surface area contributed by atoms with Crippen LogP contribution in [-0.2, 0) is 19.8 Å². The summed E-state index contributed by atoms with van der Waals surface area (Å²) in [5, 5.41) is 0. The predicted octanol–water partition coefficient (Wildman–Crippen LogP) is -0.218. The van der Waals surface area contributed by atoms with Crippen molar-refractivity contribution in [1.82, 2.24) is 0 Å². The lowest BCUT2D eigenvalue weighted by Gasteiger charge is -2.09. The molecule has 5 heteroatoms. The van der Waals surface area contributed by atoms with Gasteiger partial charge in [-0.05, 0) is 0 Å². The summed E-state index contributed by atoms with van der Waals surface area (Å²) in [6, 6.07) is 2.88. The molecule has 0 aromatic carbocycles. The molecule has 1 aromatic rings. The molecule has 6 atom stereocenters. The maximum Gasteiger partial charge on any atom is 0.185 e. The molecule has 4 fully saturated rings. The molecule has 4 heterocycles. The second-order valence-electron chi connectivity index (χ2n) is 4.75. The summed E-state index contributed by atoms with van der Waals surface area (Å²) in [7, 11) is 0. The Balaban J connectivity index is 1.66. The third-order valence-corrected chi connectivity index (χ3v) is 3.91. The monoisotopic (exact) mass is 220 g/mol. The van der Waals surface area contributed by atoms with Gasteiger partial charge in [0, 0.05) is 12.1 Å². The average molecular weight is 220 g/mol. The minimum Gasteiger partial charge on any atom is -0.466 e. The van der Waals surface area contributed by atoms with Crippen molar-refractivity contribution >= 4 is 0 Å². The van der Waals surface area contributed by atoms with Crippen LogP contribution in [0.15, 0.2) is 27.6 Å². The first kappa shape index (κ1) is 8.00. The van der Waals surface area contributed by atoms with Crippen LogP contribution in [0.5, 0.6) is 0 Å². The third-order valence-electron chi connectivity index (χ3n) is 3.91. The second-order valence-corrected chi connectivity index (χ2v) is 4.75. The molecule has 0 radical (unpaired) electrons. The Kier molecular flexibility index (Phi) is 1.06. The average Bonchev–Trinajstić information content (AvgIpc) is 3.07. The summed E-state index contributed by atoms with van der Waals surface area (Å²) >= 11 is 0. The Morgan fingerprint density at radius 1 is 1.12 bits per heavy atom. The molecule has 0 spiro atoms. The van der Waals surface area contributed by atoms with Crippen molar-refractivity contribution in [3.05, 3.63) is 34.4 Å². The quantitative estimate of drug-likeness (QED) is 0.612. The summed E-state index contributed by atoms with van der Waals surface area (Å²) in [6.07, 6.45) is 1.89. The maximum atomic E-state index is 11.3. The van der Waals surface area contributed by atoms with Crippen molar-refractivity contribution in [3.8, 4) is 0 Å². The van der Waals surface area contributed by atoms with E-state index in [1.165, 1.54) is 18.4 Å². The van der Waals surface area contributed by atoms with Gasteiger partial charge < -0.3 is 18.6 Å². The van der Waals surface area contributed by atoms with Gasteiger partial charge in [-0.1, -0.05) is 0 Å². The first-order valence-electron chi connectivity index (χ1n) is 5.39. The predicted molar refractivity (Wildman–Crippen MR) is 48.9 cm³/mol. The van der Waals surface area contributed by atoms with Gasteiger partial charge in [0.1, 0.15) is 36.3 Å². The van der Waals surface area contributed by atoms with Gasteiger partial charge in [0.25, 0.3) is 0 Å². The number of fused-ring (bicyclic) bond motifs is 6. The first-order valence-corrected chi connectivity index (χ1v) is 5.39. The highest BCUT2D eigenvalue weighted by atomic mass is 16.8. The highest BCUT2D eigenvalue weighted by molar-refractivity contribution is 5.36. The lowest BCUT2D eigenvalue weighted by molar-refractivity contribution is 0.202. The van der Waals surface area contributed by atoms with Gasteiger partial charge >= 0.3 is 0 Å². The molecular weight excluding hydrogens is 212 g/mol. The van der Waals surface area contributed by atoms with Gasteiger partial charge in [-0.3, -0.25) is 4.79 Å². The molecular formula is C11H8O5. The number of rotatable bonds is 1. The van der Waals surface area contributed by atoms with E-state index in [-0.39, 0.29) is 35.9 Å². The summed E-state index contributed by atoms with van der Waals surface area (Å²) in [5.74, 6) is 0.575. The van der Waals surface area contributed by atoms with E-state index in [1.54, 1.807) is 0 Å². The van der Waals surface area contributed by atoms with Gasteiger partial charge in [0.05, 0.1) is 6.26 Å². The summed E-state index contributed by atoms with van der Waals surface area (Å²) in [4.78, 5) is 11.3. The molecule has 82 valence electrons. The Labute approximate surface area is 89.9 Å². The number of epoxide rings is 3. The zero-order chi connectivity index (χ0) is 10.5. The fraction of sp³-hybridized carbons (Fsp3) is 0.545. The molecule has 3 aliphatic heterocycles. The first-order chi connectivity index (χ1) is 7.80. The van der Waals surface area contributed by atoms with E-state index >= 15 is 0 Å². The van der Waals surface area contributed by atoms with E-state index in [0.717, 1.165) is 0 Å². The number of ether oxygens (including phenoxy) is 3. The van der Waals surface area contributed by atoms with Crippen LogP contribution < -0.4 is 5.43 Å². The van der Waals surface area contributed by atoms with Crippen LogP contribution >= 0.6 is 0 Å². The van der Waals surface area contributed by atoms with Crippen molar-refractivity contribution in [2.24, 2.45) is 0 Å². The lowest BCUT2D eigenvalue weighted by atomic mass is 9.87. The molecule has 0 bridgehead atoms. The zero-order valence-electron chi connectivity index (χ0n) is 8.16. The topological polar surface area (TPSA) is 67.8 Å². The molecule has 5 rings (SSSR count). The third kappa shape index (κ3) is 0.723. The van der Waals surface area contributed by atoms with Crippen molar-refractivity contribution < 1.29 is 18.6 Å². The molecule has 4 aliphatic rings. The smallest absolute Gasteiger partial charge is 0.185 e. The minimum atomic E-state index is -0.539. The Morgan fingerprint density at radius 2 is 2.00 bits per heavy atom.